The van der Waals surface area contributed by atoms with Crippen molar-refractivity contribution in [3.05, 3.63) is 115 Å². The molecule has 46 heavy (non-hydrogen) atoms. The number of nitrogens with zero attached hydrogens (tertiary/aromatic N) is 2. The molecular formula is C40H19BN2OS2. The molecule has 11 aromatic rings. The van der Waals surface area contributed by atoms with E-state index in [-0.39, 0.29) is 6.85 Å². The number of furan rings is 1. The van der Waals surface area contributed by atoms with Crippen molar-refractivity contribution in [1.29, 1.82) is 0 Å². The van der Waals surface area contributed by atoms with Gasteiger partial charge < -0.3 is 13.5 Å². The molecule has 2 aliphatic heterocycles. The third-order valence-corrected chi connectivity index (χ3v) is 13.0. The lowest BCUT2D eigenvalue weighted by atomic mass is 9.45. The third-order valence-electron chi connectivity index (χ3n) is 10.7. The van der Waals surface area contributed by atoms with Crippen molar-refractivity contribution in [2.75, 3.05) is 0 Å². The first-order chi connectivity index (χ1) is 22.8. The van der Waals surface area contributed by atoms with Crippen LogP contribution in [0.25, 0.3) is 101 Å². The van der Waals surface area contributed by atoms with Crippen LogP contribution < -0.4 is 10.9 Å². The Labute approximate surface area is 269 Å². The van der Waals surface area contributed by atoms with E-state index >= 15 is 0 Å². The maximum absolute atomic E-state index is 6.86. The van der Waals surface area contributed by atoms with Gasteiger partial charge in [-0.1, -0.05) is 91.0 Å². The van der Waals surface area contributed by atoms with Gasteiger partial charge >= 0.3 is 6.85 Å². The topological polar surface area (TPSA) is 23.0 Å². The normalized spacial score (nSPS) is 13.6. The Morgan fingerprint density at radius 2 is 1.22 bits per heavy atom. The monoisotopic (exact) mass is 618 g/mol. The van der Waals surface area contributed by atoms with Gasteiger partial charge in [-0.3, -0.25) is 0 Å². The highest BCUT2D eigenvalue weighted by Gasteiger charge is 2.43. The maximum atomic E-state index is 6.86. The number of fused-ring (bicyclic) bond motifs is 18. The second kappa shape index (κ2) is 7.56. The van der Waals surface area contributed by atoms with Crippen LogP contribution in [-0.2, 0) is 0 Å². The summed E-state index contributed by atoms with van der Waals surface area (Å²) >= 11 is 3.84. The average Bonchev–Trinajstić information content (AvgIpc) is 3.89. The van der Waals surface area contributed by atoms with Crippen molar-refractivity contribution in [3.63, 3.8) is 0 Å². The molecule has 6 aromatic carbocycles. The van der Waals surface area contributed by atoms with Gasteiger partial charge in [-0.15, -0.1) is 22.7 Å². The number of hydrogen-bond donors (Lipinski definition) is 0. The minimum absolute atomic E-state index is 0.0250. The lowest BCUT2D eigenvalue weighted by molar-refractivity contribution is 0.670. The SMILES string of the molecule is c1ccc2c(c1)oc1c3c4c(cc12)-n1c2sc5ccccc5c2c2cccc(c21)B4n1c2sc4ccccc4c2c2cccc-3c21. The molecule has 0 saturated heterocycles. The standard InChI is InChI=1S/C40H19BN2OS2/c1-4-16-29-20(9-1)26-19-28-35-34(38(26)44-29)25-13-7-12-23-33-22-11-3-6-18-31(22)46-40(33)43(36(23)25)41(35)27-15-8-14-24-32-21-10-2-5-17-30(21)45-39(32)42(28)37(24)27/h1-19H. The summed E-state index contributed by atoms with van der Waals surface area (Å²) in [6.07, 6.45) is 0. The second-order valence-corrected chi connectivity index (χ2v) is 14.8. The number of para-hydroxylation sites is 3. The Kier molecular flexibility index (Phi) is 3.80. The molecular weight excluding hydrogens is 599 g/mol. The molecule has 0 amide bonds. The zero-order chi connectivity index (χ0) is 29.4. The first-order valence-corrected chi connectivity index (χ1v) is 17.4. The highest BCUT2D eigenvalue weighted by atomic mass is 32.1. The Morgan fingerprint density at radius 3 is 2.04 bits per heavy atom. The van der Waals surface area contributed by atoms with E-state index in [4.69, 9.17) is 4.42 Å². The van der Waals surface area contributed by atoms with Crippen LogP contribution in [0.2, 0.25) is 0 Å². The van der Waals surface area contributed by atoms with Crippen LogP contribution in [0.5, 0.6) is 0 Å². The van der Waals surface area contributed by atoms with Crippen LogP contribution in [0.4, 0.5) is 0 Å². The lowest BCUT2D eigenvalue weighted by Gasteiger charge is -2.33. The van der Waals surface area contributed by atoms with Crippen LogP contribution in [0, 0.1) is 0 Å². The molecule has 210 valence electrons. The molecule has 0 fully saturated rings. The summed E-state index contributed by atoms with van der Waals surface area (Å²) in [6, 6.07) is 42.7. The summed E-state index contributed by atoms with van der Waals surface area (Å²) in [7, 11) is 0. The summed E-state index contributed by atoms with van der Waals surface area (Å²) in [5.41, 5.74) is 11.1. The zero-order valence-corrected chi connectivity index (χ0v) is 25.8. The van der Waals surface area contributed by atoms with Crippen molar-refractivity contribution < 1.29 is 4.42 Å². The van der Waals surface area contributed by atoms with E-state index < -0.39 is 0 Å². The van der Waals surface area contributed by atoms with Crippen molar-refractivity contribution in [2.45, 2.75) is 0 Å². The van der Waals surface area contributed by atoms with Gasteiger partial charge in [0.25, 0.3) is 0 Å². The fourth-order valence-electron chi connectivity index (χ4n) is 9.04. The van der Waals surface area contributed by atoms with Crippen LogP contribution in [0.3, 0.4) is 0 Å². The summed E-state index contributed by atoms with van der Waals surface area (Å²) in [5.74, 6) is 0. The van der Waals surface area contributed by atoms with E-state index in [0.717, 1.165) is 11.2 Å². The molecule has 3 nitrogen and oxygen atoms in total. The summed E-state index contributed by atoms with van der Waals surface area (Å²) in [6.45, 7) is 0.0250. The highest BCUT2D eigenvalue weighted by Crippen LogP contribution is 2.50. The molecule has 6 heteroatoms. The molecule has 0 unspecified atom stereocenters. The van der Waals surface area contributed by atoms with Crippen LogP contribution in [-0.4, -0.2) is 15.9 Å². The highest BCUT2D eigenvalue weighted by molar-refractivity contribution is 7.26. The van der Waals surface area contributed by atoms with Gasteiger partial charge in [0.15, 0.2) is 0 Å². The van der Waals surface area contributed by atoms with Gasteiger partial charge in [-0.2, -0.15) is 0 Å². The Balaban J connectivity index is 1.34. The van der Waals surface area contributed by atoms with Crippen LogP contribution in [0.1, 0.15) is 0 Å². The van der Waals surface area contributed by atoms with E-state index in [1.807, 2.05) is 22.7 Å². The largest absolute Gasteiger partial charge is 0.455 e. The number of benzene rings is 6. The third kappa shape index (κ3) is 2.39. The van der Waals surface area contributed by atoms with Gasteiger partial charge in [-0.25, -0.2) is 0 Å². The lowest BCUT2D eigenvalue weighted by Crippen LogP contribution is -2.55. The quantitative estimate of drug-likeness (QED) is 0.155. The second-order valence-electron chi connectivity index (χ2n) is 12.8. The van der Waals surface area contributed by atoms with Gasteiger partial charge in [-0.05, 0) is 35.2 Å². The molecule has 13 rings (SSSR count). The van der Waals surface area contributed by atoms with Gasteiger partial charge in [0.05, 0.1) is 10.3 Å². The number of thiophene rings is 2. The molecule has 0 radical (unpaired) electrons. The summed E-state index contributed by atoms with van der Waals surface area (Å²) in [4.78, 5) is 2.67. The van der Waals surface area contributed by atoms with Crippen molar-refractivity contribution in [3.8, 4) is 16.8 Å². The van der Waals surface area contributed by atoms with E-state index in [0.29, 0.717) is 0 Å². The Morgan fingerprint density at radius 1 is 0.565 bits per heavy atom. The van der Waals surface area contributed by atoms with Gasteiger partial charge in [0, 0.05) is 74.8 Å². The Hall–Kier alpha value is -5.30. The smallest absolute Gasteiger partial charge is 0.333 e. The molecule has 2 aliphatic rings. The van der Waals surface area contributed by atoms with Crippen molar-refractivity contribution in [2.24, 2.45) is 0 Å². The molecule has 0 spiro atoms. The molecule has 0 saturated carbocycles. The molecule has 0 aliphatic carbocycles. The fourth-order valence-corrected chi connectivity index (χ4v) is 11.5. The van der Waals surface area contributed by atoms with Crippen molar-refractivity contribution >= 4 is 125 Å². The van der Waals surface area contributed by atoms with Gasteiger partial charge in [0.2, 0.25) is 0 Å². The molecule has 7 heterocycles. The van der Waals surface area contributed by atoms with Crippen molar-refractivity contribution in [1.82, 2.24) is 9.05 Å². The number of rotatable bonds is 0. The van der Waals surface area contributed by atoms with E-state index in [2.05, 4.69) is 124 Å². The minimum Gasteiger partial charge on any atom is -0.455 e. The molecule has 0 N–H and O–H groups in total. The van der Waals surface area contributed by atoms with Gasteiger partial charge in [0.1, 0.15) is 16.0 Å². The number of aromatic nitrogens is 2. The van der Waals surface area contributed by atoms with Crippen LogP contribution in [0.15, 0.2) is 120 Å². The first kappa shape index (κ1) is 23.1. The summed E-state index contributed by atoms with van der Waals surface area (Å²) in [5, 5.41) is 10.4. The number of hydrogen-bond acceptors (Lipinski definition) is 3. The van der Waals surface area contributed by atoms with E-state index in [1.54, 1.807) is 0 Å². The molecule has 0 atom stereocenters. The molecule has 5 aromatic heterocycles. The fraction of sp³-hybridized carbons (Fsp3) is 0. The maximum Gasteiger partial charge on any atom is 0.333 e. The zero-order valence-electron chi connectivity index (χ0n) is 24.2. The average molecular weight is 619 g/mol. The van der Waals surface area contributed by atoms with Crippen LogP contribution >= 0.6 is 22.7 Å². The first-order valence-electron chi connectivity index (χ1n) is 15.7. The summed E-state index contributed by atoms with van der Waals surface area (Å²) < 4.78 is 14.8. The van der Waals surface area contributed by atoms with E-state index in [9.17, 15) is 0 Å². The predicted molar refractivity (Wildman–Crippen MR) is 198 cm³/mol. The molecule has 0 bridgehead atoms. The Bertz CT molecular complexity index is 3220. The predicted octanol–water partition coefficient (Wildman–Crippen LogP) is 10.2. The van der Waals surface area contributed by atoms with E-state index in [1.165, 1.54) is 101 Å². The minimum atomic E-state index is 0.0250.